The van der Waals surface area contributed by atoms with E-state index in [9.17, 15) is 8.42 Å². The smallest absolute Gasteiger partial charge is 0.257 e. The fourth-order valence-corrected chi connectivity index (χ4v) is 4.16. The Morgan fingerprint density at radius 2 is 2.29 bits per heavy atom. The van der Waals surface area contributed by atoms with Crippen LogP contribution < -0.4 is 5.32 Å². The van der Waals surface area contributed by atoms with Crippen molar-refractivity contribution in [1.82, 2.24) is 5.32 Å². The van der Waals surface area contributed by atoms with Gasteiger partial charge in [0.2, 0.25) is 0 Å². The zero-order valence-electron chi connectivity index (χ0n) is 9.41. The highest BCUT2D eigenvalue weighted by atomic mass is 35.5. The molecule has 0 aromatic heterocycles. The van der Waals surface area contributed by atoms with Crippen molar-refractivity contribution in [2.45, 2.75) is 24.3 Å². The summed E-state index contributed by atoms with van der Waals surface area (Å²) in [5.74, 6) is 0.526. The summed E-state index contributed by atoms with van der Waals surface area (Å²) in [4.78, 5) is 0. The van der Waals surface area contributed by atoms with Gasteiger partial charge in [-0.3, -0.25) is 0 Å². The summed E-state index contributed by atoms with van der Waals surface area (Å²) in [6.07, 6.45) is 0.526. The van der Waals surface area contributed by atoms with E-state index in [-0.39, 0.29) is 34.5 Å². The van der Waals surface area contributed by atoms with E-state index in [0.29, 0.717) is 6.42 Å². The second-order valence-electron chi connectivity index (χ2n) is 4.38. The van der Waals surface area contributed by atoms with E-state index in [2.05, 4.69) is 5.32 Å². The summed E-state index contributed by atoms with van der Waals surface area (Å²) < 4.78 is 28.0. The number of halogens is 2. The van der Waals surface area contributed by atoms with Gasteiger partial charge in [0, 0.05) is 5.88 Å². The van der Waals surface area contributed by atoms with Gasteiger partial charge < -0.3 is 10.1 Å². The number of alkyl halides is 2. The van der Waals surface area contributed by atoms with Crippen LogP contribution in [0.4, 0.5) is 0 Å². The average molecular weight is 320 g/mol. The molecule has 1 N–H and O–H groups in total. The Hall–Kier alpha value is 0.220. The predicted molar refractivity (Wildman–Crippen MR) is 73.7 cm³/mol. The SMILES string of the molecule is C[C@]1(NC(=S)OC[C@@H](Cl)CCl)CCS(=O)(=O)C1. The summed E-state index contributed by atoms with van der Waals surface area (Å²) in [6.45, 7) is 2.02. The number of hydrogen-bond acceptors (Lipinski definition) is 4. The molecule has 0 amide bonds. The maximum absolute atomic E-state index is 11.4. The first kappa shape index (κ1) is 15.3. The molecule has 0 aliphatic carbocycles. The Morgan fingerprint density at radius 1 is 1.65 bits per heavy atom. The van der Waals surface area contributed by atoms with Crippen LogP contribution in [0.1, 0.15) is 13.3 Å². The molecule has 2 atom stereocenters. The van der Waals surface area contributed by atoms with Crippen molar-refractivity contribution in [3.05, 3.63) is 0 Å². The number of thiocarbonyl (C=S) groups is 1. The summed E-state index contributed by atoms with van der Waals surface area (Å²) in [7, 11) is -2.96. The highest BCUT2D eigenvalue weighted by Crippen LogP contribution is 2.22. The van der Waals surface area contributed by atoms with E-state index in [1.54, 1.807) is 0 Å². The van der Waals surface area contributed by atoms with E-state index < -0.39 is 15.4 Å². The molecule has 1 heterocycles. The van der Waals surface area contributed by atoms with Crippen LogP contribution in [0.2, 0.25) is 0 Å². The third-order valence-corrected chi connectivity index (χ3v) is 5.40. The average Bonchev–Trinajstić information content (AvgIpc) is 2.49. The molecule has 0 spiro atoms. The number of nitrogens with one attached hydrogen (secondary N) is 1. The molecule has 0 aromatic rings. The van der Waals surface area contributed by atoms with Gasteiger partial charge in [0.15, 0.2) is 9.84 Å². The Morgan fingerprint density at radius 3 is 2.76 bits per heavy atom. The molecule has 8 heteroatoms. The van der Waals surface area contributed by atoms with Crippen LogP contribution in [0.3, 0.4) is 0 Å². The maximum atomic E-state index is 11.4. The van der Waals surface area contributed by atoms with Gasteiger partial charge in [0.25, 0.3) is 5.17 Å². The quantitative estimate of drug-likeness (QED) is 0.625. The van der Waals surface area contributed by atoms with Gasteiger partial charge in [0.05, 0.1) is 22.4 Å². The van der Waals surface area contributed by atoms with Crippen LogP contribution >= 0.6 is 35.4 Å². The van der Waals surface area contributed by atoms with Crippen LogP contribution in [0, 0.1) is 0 Å². The lowest BCUT2D eigenvalue weighted by Gasteiger charge is -2.25. The topological polar surface area (TPSA) is 55.4 Å². The minimum absolute atomic E-state index is 0.0727. The van der Waals surface area contributed by atoms with Gasteiger partial charge in [-0.15, -0.1) is 23.2 Å². The standard InChI is InChI=1S/C9H15Cl2NO3S2/c1-9(2-3-17(13,14)6-9)12-8(16)15-5-7(11)4-10/h7H,2-6H2,1H3,(H,12,16)/t7-,9-/m0/s1. The van der Waals surface area contributed by atoms with Crippen LogP contribution in [0.5, 0.6) is 0 Å². The molecule has 0 bridgehead atoms. The molecule has 100 valence electrons. The number of rotatable bonds is 4. The van der Waals surface area contributed by atoms with Crippen molar-refractivity contribution >= 4 is 50.4 Å². The van der Waals surface area contributed by atoms with Gasteiger partial charge in [0.1, 0.15) is 6.61 Å². The molecule has 1 rings (SSSR count). The Kier molecular flexibility index (Phi) is 5.31. The molecule has 1 fully saturated rings. The lowest BCUT2D eigenvalue weighted by atomic mass is 10.0. The number of hydrogen-bond donors (Lipinski definition) is 1. The summed E-state index contributed by atoms with van der Waals surface area (Å²) >= 11 is 16.3. The first-order valence-electron chi connectivity index (χ1n) is 5.12. The molecule has 0 aromatic carbocycles. The molecule has 0 unspecified atom stereocenters. The summed E-state index contributed by atoms with van der Waals surface area (Å²) in [5.41, 5.74) is -0.543. The zero-order chi connectivity index (χ0) is 13.1. The maximum Gasteiger partial charge on any atom is 0.257 e. The van der Waals surface area contributed by atoms with Crippen molar-refractivity contribution in [2.75, 3.05) is 24.0 Å². The first-order valence-corrected chi connectivity index (χ1v) is 8.32. The lowest BCUT2D eigenvalue weighted by molar-refractivity contribution is 0.285. The highest BCUT2D eigenvalue weighted by Gasteiger charge is 2.39. The monoisotopic (exact) mass is 319 g/mol. The fraction of sp³-hybridized carbons (Fsp3) is 0.889. The number of ether oxygens (including phenoxy) is 1. The third kappa shape index (κ3) is 5.16. The fourth-order valence-electron chi connectivity index (χ4n) is 1.60. The van der Waals surface area contributed by atoms with Gasteiger partial charge in [-0.1, -0.05) is 0 Å². The van der Waals surface area contributed by atoms with E-state index in [1.165, 1.54) is 0 Å². The molecule has 4 nitrogen and oxygen atoms in total. The third-order valence-electron chi connectivity index (χ3n) is 2.47. The van der Waals surface area contributed by atoms with Crippen LogP contribution in [-0.2, 0) is 14.6 Å². The van der Waals surface area contributed by atoms with Crippen molar-refractivity contribution in [3.8, 4) is 0 Å². The zero-order valence-corrected chi connectivity index (χ0v) is 12.6. The van der Waals surface area contributed by atoms with Gasteiger partial charge >= 0.3 is 0 Å². The van der Waals surface area contributed by atoms with E-state index in [1.807, 2.05) is 6.92 Å². The van der Waals surface area contributed by atoms with Gasteiger partial charge in [-0.05, 0) is 25.6 Å². The van der Waals surface area contributed by atoms with Crippen LogP contribution in [-0.4, -0.2) is 48.5 Å². The predicted octanol–water partition coefficient (Wildman–Crippen LogP) is 1.30. The Bertz CT molecular complexity index is 388. The highest BCUT2D eigenvalue weighted by molar-refractivity contribution is 7.91. The summed E-state index contributed by atoms with van der Waals surface area (Å²) in [5, 5.41) is 2.78. The van der Waals surface area contributed by atoms with Gasteiger partial charge in [-0.25, -0.2) is 8.42 Å². The van der Waals surface area contributed by atoms with E-state index in [4.69, 9.17) is 40.2 Å². The minimum atomic E-state index is -2.96. The first-order chi connectivity index (χ1) is 7.76. The van der Waals surface area contributed by atoms with Gasteiger partial charge in [-0.2, -0.15) is 0 Å². The molecule has 1 aliphatic heterocycles. The molecule has 17 heavy (non-hydrogen) atoms. The molecular weight excluding hydrogens is 305 g/mol. The minimum Gasteiger partial charge on any atom is -0.469 e. The van der Waals surface area contributed by atoms with Crippen LogP contribution in [0.25, 0.3) is 0 Å². The van der Waals surface area contributed by atoms with Crippen LogP contribution in [0.15, 0.2) is 0 Å². The molecule has 0 saturated carbocycles. The normalized spacial score (nSPS) is 28.6. The van der Waals surface area contributed by atoms with E-state index in [0.717, 1.165) is 0 Å². The molecule has 1 saturated heterocycles. The largest absolute Gasteiger partial charge is 0.469 e. The van der Waals surface area contributed by atoms with Crippen molar-refractivity contribution in [3.63, 3.8) is 0 Å². The van der Waals surface area contributed by atoms with Crippen molar-refractivity contribution < 1.29 is 13.2 Å². The Labute approximate surface area is 117 Å². The second-order valence-corrected chi connectivity index (χ2v) is 7.86. The molecule has 0 radical (unpaired) electrons. The lowest BCUT2D eigenvalue weighted by Crippen LogP contribution is -2.47. The molecular formula is C9H15Cl2NO3S2. The molecule has 1 aliphatic rings. The van der Waals surface area contributed by atoms with Crippen molar-refractivity contribution in [2.24, 2.45) is 0 Å². The summed E-state index contributed by atoms with van der Waals surface area (Å²) in [6, 6.07) is 0. The Balaban J connectivity index is 2.41. The second kappa shape index (κ2) is 5.91. The number of sulfone groups is 1. The van der Waals surface area contributed by atoms with E-state index >= 15 is 0 Å². The van der Waals surface area contributed by atoms with Crippen molar-refractivity contribution in [1.29, 1.82) is 0 Å².